The summed E-state index contributed by atoms with van der Waals surface area (Å²) >= 11 is 0. The summed E-state index contributed by atoms with van der Waals surface area (Å²) in [5, 5.41) is 4.40. The fourth-order valence-electron chi connectivity index (χ4n) is 3.48. The molecule has 0 fully saturated rings. The molecule has 0 saturated carbocycles. The van der Waals surface area contributed by atoms with Gasteiger partial charge in [-0.2, -0.15) is 9.78 Å². The average molecular weight is 431 g/mol. The van der Waals surface area contributed by atoms with Gasteiger partial charge in [0.05, 0.1) is 26.5 Å². The molecular weight excluding hydrogens is 400 g/mol. The van der Waals surface area contributed by atoms with E-state index in [9.17, 15) is 9.59 Å². The summed E-state index contributed by atoms with van der Waals surface area (Å²) < 4.78 is 17.2. The van der Waals surface area contributed by atoms with Crippen LogP contribution in [0, 0.1) is 0 Å². The van der Waals surface area contributed by atoms with Crippen molar-refractivity contribution in [2.24, 2.45) is 0 Å². The smallest absolute Gasteiger partial charge is 0.410 e. The molecule has 168 valence electrons. The summed E-state index contributed by atoms with van der Waals surface area (Å²) in [5.41, 5.74) is 8.03. The molecule has 0 spiro atoms. The molecule has 9 nitrogen and oxygen atoms in total. The highest BCUT2D eigenvalue weighted by atomic mass is 16.6. The van der Waals surface area contributed by atoms with Gasteiger partial charge in [0.1, 0.15) is 11.4 Å². The zero-order chi connectivity index (χ0) is 22.8. The number of methoxy groups -OCH3 is 2. The summed E-state index contributed by atoms with van der Waals surface area (Å²) in [6.45, 7) is 6.21. The van der Waals surface area contributed by atoms with E-state index >= 15 is 0 Å². The number of hydrogen-bond acceptors (Lipinski definition) is 7. The first kappa shape index (κ1) is 22.5. The van der Waals surface area contributed by atoms with E-state index in [4.69, 9.17) is 19.9 Å². The maximum atomic E-state index is 12.8. The zero-order valence-electron chi connectivity index (χ0n) is 18.7. The fraction of sp³-hybridized carbons (Fsp3) is 0.500. The summed E-state index contributed by atoms with van der Waals surface area (Å²) in [6.07, 6.45) is 0.873. The highest BCUT2D eigenvalue weighted by molar-refractivity contribution is 5.82. The van der Waals surface area contributed by atoms with Crippen LogP contribution in [-0.4, -0.2) is 53.0 Å². The third-order valence-corrected chi connectivity index (χ3v) is 5.04. The molecule has 0 saturated heterocycles. The van der Waals surface area contributed by atoms with E-state index in [1.54, 1.807) is 19.1 Å². The largest absolute Gasteiger partial charge is 0.493 e. The second-order valence-electron chi connectivity index (χ2n) is 8.46. The van der Waals surface area contributed by atoms with E-state index in [2.05, 4.69) is 5.10 Å². The average Bonchev–Trinajstić information content (AvgIpc) is 3.06. The number of aromatic nitrogens is 2. The van der Waals surface area contributed by atoms with Crippen LogP contribution in [0.3, 0.4) is 0 Å². The number of fused-ring (bicyclic) bond motifs is 1. The molecule has 0 aliphatic carbocycles. The summed E-state index contributed by atoms with van der Waals surface area (Å²) in [4.78, 5) is 26.7. The van der Waals surface area contributed by atoms with Crippen molar-refractivity contribution in [3.63, 3.8) is 0 Å². The number of anilines is 1. The molecule has 0 atom stereocenters. The maximum Gasteiger partial charge on any atom is 0.410 e. The number of ether oxygens (including phenoxy) is 3. The fourth-order valence-corrected chi connectivity index (χ4v) is 3.48. The Balaban J connectivity index is 1.68. The van der Waals surface area contributed by atoms with Crippen molar-refractivity contribution in [1.82, 2.24) is 14.7 Å². The number of hydrogen-bond donors (Lipinski definition) is 1. The molecule has 2 aromatic rings. The van der Waals surface area contributed by atoms with Crippen LogP contribution in [0.25, 0.3) is 0 Å². The number of aryl methyl sites for hydroxylation is 1. The minimum Gasteiger partial charge on any atom is -0.493 e. The van der Waals surface area contributed by atoms with Crippen LogP contribution in [0.1, 0.15) is 48.8 Å². The van der Waals surface area contributed by atoms with Gasteiger partial charge in [0, 0.05) is 18.5 Å². The van der Waals surface area contributed by atoms with Gasteiger partial charge in [-0.05, 0) is 51.3 Å². The van der Waals surface area contributed by atoms with Crippen molar-refractivity contribution in [1.29, 1.82) is 0 Å². The van der Waals surface area contributed by atoms with E-state index in [0.29, 0.717) is 42.4 Å². The van der Waals surface area contributed by atoms with E-state index < -0.39 is 11.7 Å². The van der Waals surface area contributed by atoms with Gasteiger partial charge in [0.15, 0.2) is 11.5 Å². The summed E-state index contributed by atoms with van der Waals surface area (Å²) in [7, 11) is 3.15. The number of carbonyl (C=O) groups excluding carboxylic acids is 2. The van der Waals surface area contributed by atoms with Crippen LogP contribution in [0.5, 0.6) is 11.5 Å². The molecule has 1 aromatic heterocycles. The Morgan fingerprint density at radius 2 is 1.87 bits per heavy atom. The number of nitrogen functional groups attached to an aromatic ring is 1. The number of nitrogens with zero attached hydrogens (tertiary/aromatic N) is 3. The molecule has 1 aliphatic heterocycles. The van der Waals surface area contributed by atoms with E-state index in [-0.39, 0.29) is 18.9 Å². The van der Waals surface area contributed by atoms with Gasteiger partial charge >= 0.3 is 6.09 Å². The lowest BCUT2D eigenvalue weighted by atomic mass is 10.1. The SMILES string of the molecule is COc1ccc(CCC(=O)n2nc3c(c2N)CCN(C(=O)OC(C)(C)C)C3)cc1OC. The molecule has 0 unspecified atom stereocenters. The van der Waals surface area contributed by atoms with Crippen LogP contribution < -0.4 is 15.2 Å². The second kappa shape index (κ2) is 8.87. The van der Waals surface area contributed by atoms with Gasteiger partial charge < -0.3 is 24.8 Å². The molecule has 1 aromatic carbocycles. The maximum absolute atomic E-state index is 12.8. The van der Waals surface area contributed by atoms with Crippen LogP contribution in [0.4, 0.5) is 10.6 Å². The van der Waals surface area contributed by atoms with Crippen LogP contribution >= 0.6 is 0 Å². The first-order valence-electron chi connectivity index (χ1n) is 10.2. The van der Waals surface area contributed by atoms with Gasteiger partial charge in [-0.3, -0.25) is 4.79 Å². The Morgan fingerprint density at radius 3 is 2.52 bits per heavy atom. The van der Waals surface area contributed by atoms with E-state index in [1.807, 2.05) is 39.0 Å². The normalized spacial score (nSPS) is 13.5. The van der Waals surface area contributed by atoms with Gasteiger partial charge in [-0.25, -0.2) is 4.79 Å². The molecule has 1 aliphatic rings. The predicted molar refractivity (Wildman–Crippen MR) is 115 cm³/mol. The van der Waals surface area contributed by atoms with E-state index in [1.165, 1.54) is 4.68 Å². The van der Waals surface area contributed by atoms with Crippen molar-refractivity contribution in [3.05, 3.63) is 35.0 Å². The number of benzene rings is 1. The van der Waals surface area contributed by atoms with Crippen LogP contribution in [0.15, 0.2) is 18.2 Å². The molecule has 0 bridgehead atoms. The number of carbonyl (C=O) groups is 2. The predicted octanol–water partition coefficient (Wildman–Crippen LogP) is 3.05. The monoisotopic (exact) mass is 430 g/mol. The van der Waals surface area contributed by atoms with E-state index in [0.717, 1.165) is 11.1 Å². The number of amides is 1. The molecular formula is C22H30N4O5. The topological polar surface area (TPSA) is 109 Å². The minimum atomic E-state index is -0.574. The van der Waals surface area contributed by atoms with Crippen molar-refractivity contribution in [2.75, 3.05) is 26.5 Å². The molecule has 0 radical (unpaired) electrons. The Hall–Kier alpha value is -3.23. The van der Waals surface area contributed by atoms with Crippen LogP contribution in [0.2, 0.25) is 0 Å². The first-order chi connectivity index (χ1) is 14.6. The minimum absolute atomic E-state index is 0.203. The lowest BCUT2D eigenvalue weighted by molar-refractivity contribution is 0.0221. The summed E-state index contributed by atoms with van der Waals surface area (Å²) in [6, 6.07) is 5.55. The number of nitrogens with two attached hydrogens (primary N) is 1. The molecule has 9 heteroatoms. The lowest BCUT2D eigenvalue weighted by Gasteiger charge is -2.29. The van der Waals surface area contributed by atoms with Gasteiger partial charge in [0.2, 0.25) is 5.91 Å². The Morgan fingerprint density at radius 1 is 1.16 bits per heavy atom. The Bertz CT molecular complexity index is 977. The molecule has 31 heavy (non-hydrogen) atoms. The highest BCUT2D eigenvalue weighted by Gasteiger charge is 2.30. The van der Waals surface area contributed by atoms with Gasteiger partial charge in [-0.1, -0.05) is 6.07 Å². The lowest BCUT2D eigenvalue weighted by Crippen LogP contribution is -2.39. The Kier molecular flexibility index (Phi) is 6.42. The molecule has 1 amide bonds. The van der Waals surface area contributed by atoms with Crippen molar-refractivity contribution in [3.8, 4) is 11.5 Å². The molecule has 3 rings (SSSR count). The van der Waals surface area contributed by atoms with Crippen molar-refractivity contribution >= 4 is 17.8 Å². The third-order valence-electron chi connectivity index (χ3n) is 5.04. The quantitative estimate of drug-likeness (QED) is 0.776. The highest BCUT2D eigenvalue weighted by Crippen LogP contribution is 2.29. The zero-order valence-corrected chi connectivity index (χ0v) is 18.7. The first-order valence-corrected chi connectivity index (χ1v) is 10.2. The molecule has 2 N–H and O–H groups in total. The number of rotatable bonds is 5. The summed E-state index contributed by atoms with van der Waals surface area (Å²) in [5.74, 6) is 1.39. The standard InChI is InChI=1S/C22H30N4O5/c1-22(2,3)31-21(28)25-11-10-15-16(13-25)24-26(20(15)23)19(27)9-7-14-6-8-17(29-4)18(12-14)30-5/h6,8,12H,7,9-11,13,23H2,1-5H3. The second-order valence-corrected chi connectivity index (χ2v) is 8.46. The van der Waals surface area contributed by atoms with Gasteiger partial charge in [-0.15, -0.1) is 0 Å². The van der Waals surface area contributed by atoms with Crippen LogP contribution in [-0.2, 0) is 24.1 Å². The van der Waals surface area contributed by atoms with Crippen molar-refractivity contribution in [2.45, 2.75) is 52.2 Å². The third kappa shape index (κ3) is 5.10. The van der Waals surface area contributed by atoms with Gasteiger partial charge in [0.25, 0.3) is 0 Å². The van der Waals surface area contributed by atoms with Crippen molar-refractivity contribution < 1.29 is 23.8 Å². The molecule has 2 heterocycles. The Labute approximate surface area is 182 Å².